The van der Waals surface area contributed by atoms with Crippen molar-refractivity contribution in [2.24, 2.45) is 0 Å². The number of thioether (sulfide) groups is 1. The van der Waals surface area contributed by atoms with E-state index in [4.69, 9.17) is 9.47 Å². The van der Waals surface area contributed by atoms with E-state index in [0.717, 1.165) is 34.4 Å². The highest BCUT2D eigenvalue weighted by Crippen LogP contribution is 2.34. The maximum Gasteiger partial charge on any atom is 0.343 e. The normalized spacial score (nSPS) is 12.8. The molecule has 7 heteroatoms. The highest BCUT2D eigenvalue weighted by atomic mass is 32.2. The number of benzene rings is 1. The second kappa shape index (κ2) is 5.62. The number of aromatic amines is 1. The zero-order valence-corrected chi connectivity index (χ0v) is 11.9. The van der Waals surface area contributed by atoms with Crippen molar-refractivity contribution < 1.29 is 9.47 Å². The maximum absolute atomic E-state index is 11.6. The Morgan fingerprint density at radius 2 is 2.25 bits per heavy atom. The zero-order chi connectivity index (χ0) is 13.9. The Kier molecular flexibility index (Phi) is 3.68. The van der Waals surface area contributed by atoms with Crippen LogP contribution in [-0.4, -0.2) is 21.6 Å². The molecule has 1 aromatic heterocycles. The van der Waals surface area contributed by atoms with Crippen LogP contribution in [0.3, 0.4) is 0 Å². The summed E-state index contributed by atoms with van der Waals surface area (Å²) in [7, 11) is 0. The number of nitrogens with zero attached hydrogens (tertiary/aromatic N) is 2. The first-order valence-electron chi connectivity index (χ1n) is 6.44. The van der Waals surface area contributed by atoms with E-state index < -0.39 is 0 Å². The Bertz CT molecular complexity index is 665. The number of hydrogen-bond donors (Lipinski definition) is 1. The molecule has 0 saturated carbocycles. The van der Waals surface area contributed by atoms with Gasteiger partial charge in [-0.3, -0.25) is 4.57 Å². The van der Waals surface area contributed by atoms with Crippen LogP contribution in [0.1, 0.15) is 18.9 Å². The van der Waals surface area contributed by atoms with Crippen molar-refractivity contribution in [3.05, 3.63) is 34.2 Å². The topological polar surface area (TPSA) is 69.1 Å². The lowest BCUT2D eigenvalue weighted by molar-refractivity contribution is 0.174. The molecule has 1 aromatic carbocycles. The molecule has 0 unspecified atom stereocenters. The van der Waals surface area contributed by atoms with Gasteiger partial charge in [-0.05, 0) is 24.1 Å². The van der Waals surface area contributed by atoms with Crippen molar-refractivity contribution in [3.63, 3.8) is 0 Å². The summed E-state index contributed by atoms with van der Waals surface area (Å²) >= 11 is 1.53. The van der Waals surface area contributed by atoms with E-state index >= 15 is 0 Å². The standard InChI is InChI=1S/C13H15N3O3S/c1-2-5-16-12(17)14-15-13(16)20-7-9-3-4-10-11(6-9)19-8-18-10/h3-4,6H,2,5,7-8H2,1H3,(H,14,17). The first-order valence-corrected chi connectivity index (χ1v) is 7.43. The van der Waals surface area contributed by atoms with E-state index in [-0.39, 0.29) is 12.5 Å². The van der Waals surface area contributed by atoms with Gasteiger partial charge in [-0.1, -0.05) is 24.8 Å². The quantitative estimate of drug-likeness (QED) is 0.854. The molecule has 106 valence electrons. The van der Waals surface area contributed by atoms with Gasteiger partial charge in [0.25, 0.3) is 0 Å². The van der Waals surface area contributed by atoms with Crippen molar-refractivity contribution >= 4 is 11.8 Å². The SMILES string of the molecule is CCCn1c(SCc2ccc3c(c2)OCO3)n[nH]c1=O. The molecule has 1 aliphatic heterocycles. The van der Waals surface area contributed by atoms with Crippen LogP contribution >= 0.6 is 11.8 Å². The second-order valence-corrected chi connectivity index (χ2v) is 5.38. The lowest BCUT2D eigenvalue weighted by Crippen LogP contribution is -2.17. The summed E-state index contributed by atoms with van der Waals surface area (Å²) in [6.07, 6.45) is 0.900. The summed E-state index contributed by atoms with van der Waals surface area (Å²) < 4.78 is 12.3. The molecule has 0 atom stereocenters. The lowest BCUT2D eigenvalue weighted by Gasteiger charge is -2.04. The van der Waals surface area contributed by atoms with E-state index in [9.17, 15) is 4.79 Å². The number of fused-ring (bicyclic) bond motifs is 1. The van der Waals surface area contributed by atoms with E-state index in [0.29, 0.717) is 6.54 Å². The van der Waals surface area contributed by atoms with Crippen LogP contribution in [0, 0.1) is 0 Å². The molecule has 1 N–H and O–H groups in total. The van der Waals surface area contributed by atoms with Crippen LogP contribution < -0.4 is 15.2 Å². The predicted molar refractivity (Wildman–Crippen MR) is 75.3 cm³/mol. The van der Waals surface area contributed by atoms with Crippen LogP contribution in [0.4, 0.5) is 0 Å². The number of H-pyrrole nitrogens is 1. The van der Waals surface area contributed by atoms with Gasteiger partial charge in [-0.25, -0.2) is 9.89 Å². The van der Waals surface area contributed by atoms with E-state index in [1.54, 1.807) is 4.57 Å². The molecule has 0 bridgehead atoms. The summed E-state index contributed by atoms with van der Waals surface area (Å²) in [5.74, 6) is 2.28. The average molecular weight is 293 g/mol. The Hall–Kier alpha value is -1.89. The van der Waals surface area contributed by atoms with Gasteiger partial charge in [0, 0.05) is 12.3 Å². The van der Waals surface area contributed by atoms with Gasteiger partial charge in [0.1, 0.15) is 0 Å². The first-order chi connectivity index (χ1) is 9.78. The third-order valence-electron chi connectivity index (χ3n) is 2.98. The highest BCUT2D eigenvalue weighted by molar-refractivity contribution is 7.98. The molecule has 20 heavy (non-hydrogen) atoms. The Morgan fingerprint density at radius 3 is 3.10 bits per heavy atom. The van der Waals surface area contributed by atoms with Gasteiger partial charge < -0.3 is 9.47 Å². The van der Waals surface area contributed by atoms with Crippen molar-refractivity contribution in [1.82, 2.24) is 14.8 Å². The number of aromatic nitrogens is 3. The predicted octanol–water partition coefficient (Wildman–Crippen LogP) is 2.00. The molecule has 1 aliphatic rings. The minimum Gasteiger partial charge on any atom is -0.454 e. The van der Waals surface area contributed by atoms with Crippen LogP contribution in [0.5, 0.6) is 11.5 Å². The molecular formula is C13H15N3O3S. The van der Waals surface area contributed by atoms with Crippen LogP contribution in [0.25, 0.3) is 0 Å². The van der Waals surface area contributed by atoms with Crippen molar-refractivity contribution in [3.8, 4) is 11.5 Å². The van der Waals surface area contributed by atoms with Crippen LogP contribution in [0.2, 0.25) is 0 Å². The maximum atomic E-state index is 11.6. The largest absolute Gasteiger partial charge is 0.454 e. The molecule has 2 heterocycles. The van der Waals surface area contributed by atoms with Gasteiger partial charge >= 0.3 is 5.69 Å². The molecule has 6 nitrogen and oxygen atoms in total. The lowest BCUT2D eigenvalue weighted by atomic mass is 10.2. The van der Waals surface area contributed by atoms with Crippen molar-refractivity contribution in [2.75, 3.05) is 6.79 Å². The molecule has 0 radical (unpaired) electrons. The first kappa shape index (κ1) is 13.1. The Balaban J connectivity index is 1.72. The molecule has 0 spiro atoms. The third-order valence-corrected chi connectivity index (χ3v) is 4.02. The molecule has 3 rings (SSSR count). The summed E-state index contributed by atoms with van der Waals surface area (Å²) in [5, 5.41) is 7.26. The second-order valence-electron chi connectivity index (χ2n) is 4.44. The number of hydrogen-bond acceptors (Lipinski definition) is 5. The van der Waals surface area contributed by atoms with E-state index in [2.05, 4.69) is 10.2 Å². The highest BCUT2D eigenvalue weighted by Gasteiger charge is 2.14. The summed E-state index contributed by atoms with van der Waals surface area (Å²) in [5.41, 5.74) is 0.956. The Labute approximate surface area is 120 Å². The monoisotopic (exact) mass is 293 g/mol. The van der Waals surface area contributed by atoms with Gasteiger partial charge in [0.2, 0.25) is 6.79 Å². The number of nitrogens with one attached hydrogen (secondary N) is 1. The molecule has 0 fully saturated rings. The fourth-order valence-electron chi connectivity index (χ4n) is 2.01. The minimum absolute atomic E-state index is 0.153. The summed E-state index contributed by atoms with van der Waals surface area (Å²) in [4.78, 5) is 11.6. The van der Waals surface area contributed by atoms with E-state index in [1.165, 1.54) is 11.8 Å². The van der Waals surface area contributed by atoms with Gasteiger partial charge in [-0.2, -0.15) is 0 Å². The van der Waals surface area contributed by atoms with Gasteiger partial charge in [-0.15, -0.1) is 5.10 Å². The molecule has 0 saturated heterocycles. The third kappa shape index (κ3) is 2.53. The zero-order valence-electron chi connectivity index (χ0n) is 11.1. The van der Waals surface area contributed by atoms with Gasteiger partial charge in [0.15, 0.2) is 16.7 Å². The average Bonchev–Trinajstić information content (AvgIpc) is 3.05. The van der Waals surface area contributed by atoms with E-state index in [1.807, 2.05) is 25.1 Å². The summed E-state index contributed by atoms with van der Waals surface area (Å²) in [6.45, 7) is 2.99. The minimum atomic E-state index is -0.153. The molecule has 0 amide bonds. The molecule has 0 aliphatic carbocycles. The number of ether oxygens (including phenoxy) is 2. The van der Waals surface area contributed by atoms with Crippen molar-refractivity contribution in [1.29, 1.82) is 0 Å². The smallest absolute Gasteiger partial charge is 0.343 e. The summed E-state index contributed by atoms with van der Waals surface area (Å²) in [6, 6.07) is 5.86. The number of rotatable bonds is 5. The molecular weight excluding hydrogens is 278 g/mol. The van der Waals surface area contributed by atoms with Gasteiger partial charge in [0.05, 0.1) is 0 Å². The fourth-order valence-corrected chi connectivity index (χ4v) is 2.93. The molecule has 2 aromatic rings. The van der Waals surface area contributed by atoms with Crippen molar-refractivity contribution in [2.45, 2.75) is 30.8 Å². The van der Waals surface area contributed by atoms with Crippen LogP contribution in [0.15, 0.2) is 28.2 Å². The van der Waals surface area contributed by atoms with Crippen LogP contribution in [-0.2, 0) is 12.3 Å². The fraction of sp³-hybridized carbons (Fsp3) is 0.385. The Morgan fingerprint density at radius 1 is 1.40 bits per heavy atom.